The lowest BCUT2D eigenvalue weighted by molar-refractivity contribution is -0.154. The Morgan fingerprint density at radius 2 is 1.11 bits per heavy atom. The highest BCUT2D eigenvalue weighted by Gasteiger charge is 2.39. The molecule has 10 heteroatoms. The van der Waals surface area contributed by atoms with Gasteiger partial charge in [0.15, 0.2) is 6.29 Å². The molecule has 0 saturated carbocycles. The number of hydrogen-bond acceptors (Lipinski definition) is 10. The number of hydrogen-bond donors (Lipinski definition) is 1. The third-order valence-corrected chi connectivity index (χ3v) is 13.2. The van der Waals surface area contributed by atoms with Crippen LogP contribution < -0.4 is 0 Å². The standard InChI is InChI=1S/C54H104N2O8/c1-8-11-14-17-19-20-21-27-35-44-62-53(60)54(4,5)40-32-25-28-34-43-61-52(59)49-45-48(64-51(58)39-42-55(6)7)46-56(49)41-33-26-22-24-31-38-50(57)63-47(36-29-16-13-10-3)37-30-23-18-15-12-9-2/h47-49,51,58H,8-46H2,1-7H3/t47?,48-,49-,51?/m0/s1. The van der Waals surface area contributed by atoms with E-state index < -0.39 is 11.7 Å². The van der Waals surface area contributed by atoms with Gasteiger partial charge in [0.25, 0.3) is 0 Å². The van der Waals surface area contributed by atoms with Gasteiger partial charge >= 0.3 is 17.9 Å². The van der Waals surface area contributed by atoms with E-state index in [2.05, 4.69) is 25.7 Å². The van der Waals surface area contributed by atoms with Crippen molar-refractivity contribution >= 4 is 17.9 Å². The number of aliphatic hydroxyl groups is 1. The van der Waals surface area contributed by atoms with E-state index in [1.54, 1.807) is 0 Å². The Labute approximate surface area is 394 Å². The molecule has 0 aromatic carbocycles. The summed E-state index contributed by atoms with van der Waals surface area (Å²) in [5.74, 6) is -0.338. The van der Waals surface area contributed by atoms with Gasteiger partial charge in [-0.1, -0.05) is 162 Å². The molecule has 64 heavy (non-hydrogen) atoms. The molecular formula is C54H104N2O8. The predicted molar refractivity (Wildman–Crippen MR) is 264 cm³/mol. The van der Waals surface area contributed by atoms with Crippen molar-refractivity contribution in [3.05, 3.63) is 0 Å². The van der Waals surface area contributed by atoms with E-state index in [-0.39, 0.29) is 36.2 Å². The SMILES string of the molecule is CCCCCCCCCCCOC(=O)C(C)(C)CCCCCCOC(=O)[C@@H]1C[C@H](OC(O)CCN(C)C)CN1CCCCCCCC(=O)OC(CCCCCC)CCCCCCCC. The fourth-order valence-electron chi connectivity index (χ4n) is 8.85. The van der Waals surface area contributed by atoms with Crippen molar-refractivity contribution in [1.82, 2.24) is 9.80 Å². The summed E-state index contributed by atoms with van der Waals surface area (Å²) in [7, 11) is 3.95. The van der Waals surface area contributed by atoms with Crippen molar-refractivity contribution in [1.29, 1.82) is 0 Å². The average molecular weight is 909 g/mol. The summed E-state index contributed by atoms with van der Waals surface area (Å²) in [5, 5.41) is 10.6. The van der Waals surface area contributed by atoms with Gasteiger partial charge in [0, 0.05) is 32.4 Å². The lowest BCUT2D eigenvalue weighted by Gasteiger charge is -2.23. The molecule has 10 nitrogen and oxygen atoms in total. The number of nitrogens with zero attached hydrogens (tertiary/aromatic N) is 2. The number of unbranched alkanes of at least 4 members (excludes halogenated alkanes) is 23. The molecule has 0 radical (unpaired) electrons. The Morgan fingerprint density at radius 1 is 0.625 bits per heavy atom. The van der Waals surface area contributed by atoms with E-state index in [0.717, 1.165) is 116 Å². The number of carbonyl (C=O) groups is 3. The molecule has 0 bridgehead atoms. The first-order valence-electron chi connectivity index (χ1n) is 27.2. The first kappa shape index (κ1) is 60.3. The molecule has 378 valence electrons. The van der Waals surface area contributed by atoms with Crippen LogP contribution in [0.2, 0.25) is 0 Å². The Bertz CT molecular complexity index is 1120. The predicted octanol–water partition coefficient (Wildman–Crippen LogP) is 13.3. The molecule has 1 rings (SSSR count). The Kier molecular flexibility index (Phi) is 38.0. The van der Waals surface area contributed by atoms with Crippen LogP contribution in [0.1, 0.15) is 253 Å². The first-order valence-corrected chi connectivity index (χ1v) is 27.2. The monoisotopic (exact) mass is 909 g/mol. The molecule has 0 aliphatic carbocycles. The summed E-state index contributed by atoms with van der Waals surface area (Å²) in [4.78, 5) is 43.2. The zero-order valence-corrected chi connectivity index (χ0v) is 43.1. The third-order valence-electron chi connectivity index (χ3n) is 13.2. The molecule has 0 amide bonds. The highest BCUT2D eigenvalue weighted by Crippen LogP contribution is 2.27. The number of esters is 3. The minimum atomic E-state index is -0.867. The summed E-state index contributed by atoms with van der Waals surface area (Å²) in [6, 6.07) is -0.380. The third kappa shape index (κ3) is 32.8. The normalized spacial score (nSPS) is 16.6. The molecule has 1 aliphatic heterocycles. The number of likely N-dealkylation sites (tertiary alicyclic amines) is 1. The smallest absolute Gasteiger partial charge is 0.323 e. The van der Waals surface area contributed by atoms with Crippen LogP contribution in [0.25, 0.3) is 0 Å². The highest BCUT2D eigenvalue weighted by atomic mass is 16.6. The van der Waals surface area contributed by atoms with Gasteiger partial charge in [-0.15, -0.1) is 0 Å². The van der Waals surface area contributed by atoms with Crippen LogP contribution in [-0.2, 0) is 33.3 Å². The molecule has 0 spiro atoms. The van der Waals surface area contributed by atoms with Crippen molar-refractivity contribution in [2.45, 2.75) is 277 Å². The van der Waals surface area contributed by atoms with E-state index in [1.165, 1.54) is 96.3 Å². The molecule has 1 heterocycles. The molecule has 1 aliphatic rings. The maximum absolute atomic E-state index is 13.4. The molecule has 1 saturated heterocycles. The van der Waals surface area contributed by atoms with Crippen LogP contribution in [0.15, 0.2) is 0 Å². The van der Waals surface area contributed by atoms with E-state index >= 15 is 0 Å². The summed E-state index contributed by atoms with van der Waals surface area (Å²) in [5.41, 5.74) is -0.492. The molecule has 0 aromatic heterocycles. The van der Waals surface area contributed by atoms with E-state index in [0.29, 0.717) is 39.0 Å². The number of ether oxygens (including phenoxy) is 4. The van der Waals surface area contributed by atoms with Crippen LogP contribution in [0.3, 0.4) is 0 Å². The topological polar surface area (TPSA) is 115 Å². The Morgan fingerprint density at radius 3 is 1.69 bits per heavy atom. The second-order valence-corrected chi connectivity index (χ2v) is 20.3. The van der Waals surface area contributed by atoms with Gasteiger partial charge in [-0.3, -0.25) is 19.3 Å². The number of rotatable bonds is 45. The molecular weight excluding hydrogens is 805 g/mol. The van der Waals surface area contributed by atoms with Gasteiger partial charge in [-0.25, -0.2) is 0 Å². The van der Waals surface area contributed by atoms with E-state index in [1.807, 2.05) is 32.8 Å². The van der Waals surface area contributed by atoms with Crippen molar-refractivity contribution in [2.24, 2.45) is 5.41 Å². The van der Waals surface area contributed by atoms with Gasteiger partial charge in [-0.05, 0) is 92.3 Å². The fraction of sp³-hybridized carbons (Fsp3) is 0.944. The number of aliphatic hydroxyl groups excluding tert-OH is 1. The van der Waals surface area contributed by atoms with Gasteiger partial charge in [0.2, 0.25) is 0 Å². The van der Waals surface area contributed by atoms with Gasteiger partial charge in [-0.2, -0.15) is 0 Å². The van der Waals surface area contributed by atoms with Gasteiger partial charge < -0.3 is 29.0 Å². The summed E-state index contributed by atoms with van der Waals surface area (Å²) >= 11 is 0. The summed E-state index contributed by atoms with van der Waals surface area (Å²) in [6.07, 6.45) is 35.3. The summed E-state index contributed by atoms with van der Waals surface area (Å²) in [6.45, 7) is 13.7. The van der Waals surface area contributed by atoms with Gasteiger partial charge in [0.05, 0.1) is 24.7 Å². The molecule has 4 atom stereocenters. The van der Waals surface area contributed by atoms with Crippen molar-refractivity contribution < 1.29 is 38.4 Å². The molecule has 0 aromatic rings. The lowest BCUT2D eigenvalue weighted by Crippen LogP contribution is -2.38. The summed E-state index contributed by atoms with van der Waals surface area (Å²) < 4.78 is 23.5. The van der Waals surface area contributed by atoms with Crippen LogP contribution in [0.5, 0.6) is 0 Å². The van der Waals surface area contributed by atoms with Crippen LogP contribution in [0.4, 0.5) is 0 Å². The quantitative estimate of drug-likeness (QED) is 0.0274. The largest absolute Gasteiger partial charge is 0.465 e. The zero-order chi connectivity index (χ0) is 47.1. The second-order valence-electron chi connectivity index (χ2n) is 20.3. The zero-order valence-electron chi connectivity index (χ0n) is 43.1. The minimum absolute atomic E-state index is 0.0377. The van der Waals surface area contributed by atoms with Crippen LogP contribution in [-0.4, -0.2) is 104 Å². The highest BCUT2D eigenvalue weighted by molar-refractivity contribution is 5.76. The molecule has 1 N–H and O–H groups in total. The lowest BCUT2D eigenvalue weighted by atomic mass is 9.87. The van der Waals surface area contributed by atoms with Crippen LogP contribution >= 0.6 is 0 Å². The van der Waals surface area contributed by atoms with Gasteiger partial charge in [0.1, 0.15) is 12.1 Å². The first-order chi connectivity index (χ1) is 30.9. The van der Waals surface area contributed by atoms with Crippen molar-refractivity contribution in [2.75, 3.05) is 46.9 Å². The molecule has 1 fully saturated rings. The fourth-order valence-corrected chi connectivity index (χ4v) is 8.85. The minimum Gasteiger partial charge on any atom is -0.465 e. The maximum Gasteiger partial charge on any atom is 0.323 e. The number of carbonyl (C=O) groups excluding carboxylic acids is 3. The Hall–Kier alpha value is -1.75. The second kappa shape index (κ2) is 40.3. The maximum atomic E-state index is 13.4. The average Bonchev–Trinajstić information content (AvgIpc) is 3.67. The molecule has 2 unspecified atom stereocenters. The Balaban J connectivity index is 2.43. The van der Waals surface area contributed by atoms with Crippen molar-refractivity contribution in [3.8, 4) is 0 Å². The van der Waals surface area contributed by atoms with Crippen LogP contribution in [0, 0.1) is 5.41 Å². The van der Waals surface area contributed by atoms with Crippen molar-refractivity contribution in [3.63, 3.8) is 0 Å². The van der Waals surface area contributed by atoms with E-state index in [9.17, 15) is 19.5 Å². The van der Waals surface area contributed by atoms with E-state index in [4.69, 9.17) is 18.9 Å².